The van der Waals surface area contributed by atoms with Gasteiger partial charge in [0.25, 0.3) is 0 Å². The number of aromatic nitrogens is 2. The van der Waals surface area contributed by atoms with Crippen LogP contribution in [0.2, 0.25) is 5.02 Å². The van der Waals surface area contributed by atoms with E-state index >= 15 is 0 Å². The number of nitrogens with zero attached hydrogens (tertiary/aromatic N) is 3. The zero-order valence-corrected chi connectivity index (χ0v) is 18.7. The van der Waals surface area contributed by atoms with Crippen LogP contribution in [0.15, 0.2) is 41.5 Å². The minimum Gasteiger partial charge on any atom is -0.344 e. The van der Waals surface area contributed by atoms with Crippen LogP contribution >= 0.6 is 11.6 Å². The molecule has 0 aliphatic heterocycles. The first kappa shape index (κ1) is 21.9. The molecule has 1 unspecified atom stereocenters. The molecule has 0 spiro atoms. The van der Waals surface area contributed by atoms with Gasteiger partial charge in [-0.25, -0.2) is 4.39 Å². The molecule has 2 aromatic heterocycles. The summed E-state index contributed by atoms with van der Waals surface area (Å²) < 4.78 is 16.3. The molecule has 2 N–H and O–H groups in total. The van der Waals surface area contributed by atoms with Crippen LogP contribution in [0.5, 0.6) is 0 Å². The summed E-state index contributed by atoms with van der Waals surface area (Å²) in [4.78, 5) is 19.8. The lowest BCUT2D eigenvalue weighted by atomic mass is 10.1. The van der Waals surface area contributed by atoms with Crippen molar-refractivity contribution < 1.29 is 4.39 Å². The molecule has 1 saturated carbocycles. The second-order valence-corrected chi connectivity index (χ2v) is 8.82. The van der Waals surface area contributed by atoms with Crippen molar-refractivity contribution in [1.29, 1.82) is 0 Å². The van der Waals surface area contributed by atoms with Crippen molar-refractivity contribution in [2.24, 2.45) is 5.73 Å². The van der Waals surface area contributed by atoms with Crippen molar-refractivity contribution in [2.45, 2.75) is 58.3 Å². The molecule has 164 valence electrons. The third-order valence-electron chi connectivity index (χ3n) is 6.07. The van der Waals surface area contributed by atoms with Gasteiger partial charge >= 0.3 is 0 Å². The predicted octanol–water partition coefficient (Wildman–Crippen LogP) is 4.57. The van der Waals surface area contributed by atoms with E-state index in [1.165, 1.54) is 6.07 Å². The number of fused-ring (bicyclic) bond motifs is 1. The highest BCUT2D eigenvalue weighted by Gasteiger charge is 2.27. The van der Waals surface area contributed by atoms with Gasteiger partial charge < -0.3 is 10.3 Å². The molecule has 0 radical (unpaired) electrons. The molecule has 1 aliphatic rings. The van der Waals surface area contributed by atoms with Crippen LogP contribution < -0.4 is 11.2 Å². The highest BCUT2D eigenvalue weighted by Crippen LogP contribution is 2.37. The summed E-state index contributed by atoms with van der Waals surface area (Å²) in [5, 5.41) is 0.421. The number of hydrogen-bond donors (Lipinski definition) is 1. The van der Waals surface area contributed by atoms with Gasteiger partial charge in [-0.1, -0.05) is 18.5 Å². The van der Waals surface area contributed by atoms with Crippen LogP contribution in [0.25, 0.3) is 10.9 Å². The molecule has 1 aliphatic carbocycles. The molecule has 31 heavy (non-hydrogen) atoms. The third kappa shape index (κ3) is 4.66. The lowest BCUT2D eigenvalue weighted by Gasteiger charge is -2.30. The molecule has 7 heteroatoms. The summed E-state index contributed by atoms with van der Waals surface area (Å²) in [7, 11) is 0. The number of hydrogen-bond acceptors (Lipinski definition) is 4. The van der Waals surface area contributed by atoms with Gasteiger partial charge in [0.15, 0.2) is 5.43 Å². The predicted molar refractivity (Wildman–Crippen MR) is 123 cm³/mol. The van der Waals surface area contributed by atoms with Crippen molar-refractivity contribution in [3.05, 3.63) is 74.5 Å². The van der Waals surface area contributed by atoms with Crippen molar-refractivity contribution in [3.8, 4) is 0 Å². The summed E-state index contributed by atoms with van der Waals surface area (Å²) in [6.45, 7) is 5.67. The summed E-state index contributed by atoms with van der Waals surface area (Å²) in [6.07, 6.45) is 6.70. The molecule has 3 aromatic rings. The van der Waals surface area contributed by atoms with Gasteiger partial charge in [-0.15, -0.1) is 0 Å². The summed E-state index contributed by atoms with van der Waals surface area (Å²) in [6, 6.07) is 7.34. The van der Waals surface area contributed by atoms with Crippen LogP contribution in [0.4, 0.5) is 4.39 Å². The van der Waals surface area contributed by atoms with Crippen molar-refractivity contribution in [2.75, 3.05) is 6.54 Å². The third-order valence-corrected chi connectivity index (χ3v) is 6.36. The van der Waals surface area contributed by atoms with E-state index in [0.717, 1.165) is 30.5 Å². The maximum atomic E-state index is 14.2. The molecule has 2 heterocycles. The monoisotopic (exact) mass is 442 g/mol. The SMILES string of the molecule is CCC(CN)N(Cc1ccnc(C)c1)Cc1cn(C2CC2)c2cc(Cl)c(F)cc2c1=O. The Balaban J connectivity index is 1.77. The zero-order valence-electron chi connectivity index (χ0n) is 17.9. The van der Waals surface area contributed by atoms with E-state index in [9.17, 15) is 9.18 Å². The van der Waals surface area contributed by atoms with E-state index in [0.29, 0.717) is 42.1 Å². The van der Waals surface area contributed by atoms with Gasteiger partial charge in [0.2, 0.25) is 0 Å². The van der Waals surface area contributed by atoms with Gasteiger partial charge in [-0.05, 0) is 56.0 Å². The number of nitrogens with two attached hydrogens (primary N) is 1. The van der Waals surface area contributed by atoms with E-state index in [2.05, 4.69) is 27.4 Å². The van der Waals surface area contributed by atoms with Gasteiger partial charge in [-0.2, -0.15) is 0 Å². The lowest BCUT2D eigenvalue weighted by molar-refractivity contribution is 0.176. The first-order chi connectivity index (χ1) is 14.9. The Morgan fingerprint density at radius 2 is 2.10 bits per heavy atom. The molecular formula is C24H28ClFN4O. The maximum absolute atomic E-state index is 14.2. The van der Waals surface area contributed by atoms with E-state index in [4.69, 9.17) is 17.3 Å². The second kappa shape index (κ2) is 9.07. The average molecular weight is 443 g/mol. The summed E-state index contributed by atoms with van der Waals surface area (Å²) in [5.74, 6) is -0.566. The van der Waals surface area contributed by atoms with Crippen LogP contribution in [0, 0.1) is 12.7 Å². The molecule has 5 nitrogen and oxygen atoms in total. The fourth-order valence-corrected chi connectivity index (χ4v) is 4.37. The fourth-order valence-electron chi connectivity index (χ4n) is 4.21. The van der Waals surface area contributed by atoms with Crippen molar-refractivity contribution in [3.63, 3.8) is 0 Å². The van der Waals surface area contributed by atoms with Crippen LogP contribution in [0.3, 0.4) is 0 Å². The highest BCUT2D eigenvalue weighted by molar-refractivity contribution is 6.31. The van der Waals surface area contributed by atoms with E-state index in [1.807, 2.05) is 19.2 Å². The molecule has 0 amide bonds. The van der Waals surface area contributed by atoms with E-state index < -0.39 is 5.82 Å². The number of rotatable bonds is 8. The molecule has 1 aromatic carbocycles. The van der Waals surface area contributed by atoms with Crippen LogP contribution in [0.1, 0.15) is 49.0 Å². The summed E-state index contributed by atoms with van der Waals surface area (Å²) >= 11 is 6.03. The fraction of sp³-hybridized carbons (Fsp3) is 0.417. The smallest absolute Gasteiger partial charge is 0.193 e. The number of aryl methyl sites for hydroxylation is 1. The molecule has 0 saturated heterocycles. The quantitative estimate of drug-likeness (QED) is 0.555. The van der Waals surface area contributed by atoms with E-state index in [-0.39, 0.29) is 16.5 Å². The van der Waals surface area contributed by atoms with Gasteiger partial charge in [0, 0.05) is 60.8 Å². The first-order valence-electron chi connectivity index (χ1n) is 10.8. The Morgan fingerprint density at radius 1 is 1.32 bits per heavy atom. The van der Waals surface area contributed by atoms with Gasteiger partial charge in [0.05, 0.1) is 10.5 Å². The first-order valence-corrected chi connectivity index (χ1v) is 11.2. The zero-order chi connectivity index (χ0) is 22.1. The van der Waals surface area contributed by atoms with Crippen molar-refractivity contribution >= 4 is 22.5 Å². The van der Waals surface area contributed by atoms with Gasteiger partial charge in [0.1, 0.15) is 5.82 Å². The van der Waals surface area contributed by atoms with Crippen molar-refractivity contribution in [1.82, 2.24) is 14.5 Å². The number of halogens is 2. The molecule has 4 rings (SSSR count). The lowest BCUT2D eigenvalue weighted by Crippen LogP contribution is -2.40. The Morgan fingerprint density at radius 3 is 2.74 bits per heavy atom. The molecule has 1 fully saturated rings. The second-order valence-electron chi connectivity index (χ2n) is 8.41. The minimum absolute atomic E-state index is 0.0397. The van der Waals surface area contributed by atoms with Crippen LogP contribution in [-0.2, 0) is 13.1 Å². The standard InChI is InChI=1S/C24H28ClFN4O/c1-3-18(11-27)29(12-16-6-7-28-15(2)8-16)13-17-14-30(19-4-5-19)23-10-21(25)22(26)9-20(23)24(17)31/h6-10,14,18-19H,3-5,11-13,27H2,1-2H3. The Hall–Kier alpha value is -2.28. The van der Waals surface area contributed by atoms with Crippen LogP contribution in [-0.4, -0.2) is 27.0 Å². The van der Waals surface area contributed by atoms with Gasteiger partial charge in [-0.3, -0.25) is 14.7 Å². The largest absolute Gasteiger partial charge is 0.344 e. The Kier molecular flexibility index (Phi) is 6.42. The minimum atomic E-state index is -0.566. The molecule has 1 atom stereocenters. The highest BCUT2D eigenvalue weighted by atomic mass is 35.5. The normalized spacial score (nSPS) is 15.0. The number of benzene rings is 1. The number of pyridine rings is 2. The average Bonchev–Trinajstić information content (AvgIpc) is 3.57. The summed E-state index contributed by atoms with van der Waals surface area (Å²) in [5.41, 5.74) is 9.35. The Bertz CT molecular complexity index is 1150. The molecule has 0 bridgehead atoms. The molecular weight excluding hydrogens is 415 g/mol. The van der Waals surface area contributed by atoms with E-state index in [1.54, 1.807) is 12.3 Å². The topological polar surface area (TPSA) is 64.2 Å². The Labute approximate surface area is 186 Å². The maximum Gasteiger partial charge on any atom is 0.193 e.